The Morgan fingerprint density at radius 1 is 1.40 bits per heavy atom. The number of aromatic nitrogens is 1. The van der Waals surface area contributed by atoms with E-state index in [2.05, 4.69) is 10.3 Å². The van der Waals surface area contributed by atoms with Crippen molar-refractivity contribution in [3.05, 3.63) is 18.3 Å². The van der Waals surface area contributed by atoms with Gasteiger partial charge in [-0.05, 0) is 32.9 Å². The van der Waals surface area contributed by atoms with Gasteiger partial charge < -0.3 is 10.1 Å². The summed E-state index contributed by atoms with van der Waals surface area (Å²) in [5.41, 5.74) is 0. The maximum Gasteiger partial charge on any atom is 0.244 e. The molecule has 1 heterocycles. The Kier molecular flexibility index (Phi) is 6.38. The second-order valence-corrected chi connectivity index (χ2v) is 6.50. The number of pyridine rings is 1. The molecule has 1 N–H and O–H groups in total. The highest BCUT2D eigenvalue weighted by atomic mass is 32.2. The molecule has 0 aliphatic heterocycles. The Morgan fingerprint density at radius 2 is 2.10 bits per heavy atom. The number of hydrogen-bond donors (Lipinski definition) is 1. The molecule has 0 spiro atoms. The van der Waals surface area contributed by atoms with Crippen LogP contribution in [0.1, 0.15) is 20.8 Å². The minimum atomic E-state index is -3.54. The van der Waals surface area contributed by atoms with Crippen molar-refractivity contribution in [1.29, 1.82) is 0 Å². The summed E-state index contributed by atoms with van der Waals surface area (Å²) < 4.78 is 31.5. The van der Waals surface area contributed by atoms with Crippen LogP contribution in [0.5, 0.6) is 0 Å². The zero-order valence-electron chi connectivity index (χ0n) is 12.5. The van der Waals surface area contributed by atoms with Gasteiger partial charge in [-0.15, -0.1) is 0 Å². The van der Waals surface area contributed by atoms with Gasteiger partial charge in [0.1, 0.15) is 10.7 Å². The van der Waals surface area contributed by atoms with Gasteiger partial charge >= 0.3 is 0 Å². The zero-order chi connectivity index (χ0) is 15.2. The minimum Gasteiger partial charge on any atom is -0.383 e. The molecule has 0 saturated heterocycles. The molecule has 7 heteroatoms. The van der Waals surface area contributed by atoms with E-state index in [1.807, 2.05) is 20.8 Å². The second-order valence-electron chi connectivity index (χ2n) is 4.61. The van der Waals surface area contributed by atoms with Crippen LogP contribution in [-0.2, 0) is 14.8 Å². The van der Waals surface area contributed by atoms with Crippen molar-refractivity contribution < 1.29 is 13.2 Å². The molecular weight excluding hydrogens is 278 g/mol. The Hall–Kier alpha value is -1.18. The summed E-state index contributed by atoms with van der Waals surface area (Å²) in [6, 6.07) is 3.11. The summed E-state index contributed by atoms with van der Waals surface area (Å²) in [5, 5.41) is 3.03. The zero-order valence-corrected chi connectivity index (χ0v) is 13.3. The highest BCUT2D eigenvalue weighted by Crippen LogP contribution is 2.18. The van der Waals surface area contributed by atoms with Gasteiger partial charge in [0.05, 0.1) is 6.61 Å². The molecule has 114 valence electrons. The monoisotopic (exact) mass is 301 g/mol. The van der Waals surface area contributed by atoms with Crippen LogP contribution in [-0.4, -0.2) is 50.6 Å². The van der Waals surface area contributed by atoms with Gasteiger partial charge in [-0.25, -0.2) is 13.4 Å². The first-order valence-corrected chi connectivity index (χ1v) is 8.08. The number of anilines is 1. The first kappa shape index (κ1) is 16.9. The lowest BCUT2D eigenvalue weighted by atomic mass is 10.4. The number of methoxy groups -OCH3 is 1. The molecule has 0 unspecified atom stereocenters. The van der Waals surface area contributed by atoms with Crippen LogP contribution in [0.2, 0.25) is 0 Å². The van der Waals surface area contributed by atoms with Crippen molar-refractivity contribution in [3.63, 3.8) is 0 Å². The predicted molar refractivity (Wildman–Crippen MR) is 79.3 cm³/mol. The third-order valence-corrected chi connectivity index (χ3v) is 4.85. The van der Waals surface area contributed by atoms with Gasteiger partial charge in [-0.3, -0.25) is 0 Å². The maximum atomic E-state index is 12.6. The molecule has 0 saturated carbocycles. The molecule has 6 nitrogen and oxygen atoms in total. The highest BCUT2D eigenvalue weighted by Gasteiger charge is 2.26. The van der Waals surface area contributed by atoms with E-state index in [-0.39, 0.29) is 10.9 Å². The summed E-state index contributed by atoms with van der Waals surface area (Å²) in [4.78, 5) is 4.31. The van der Waals surface area contributed by atoms with Gasteiger partial charge in [-0.2, -0.15) is 4.31 Å². The highest BCUT2D eigenvalue weighted by molar-refractivity contribution is 7.89. The lowest BCUT2D eigenvalue weighted by molar-refractivity contribution is 0.171. The topological polar surface area (TPSA) is 71.5 Å². The van der Waals surface area contributed by atoms with E-state index in [9.17, 15) is 8.42 Å². The molecule has 20 heavy (non-hydrogen) atoms. The lowest BCUT2D eigenvalue weighted by Gasteiger charge is -2.25. The van der Waals surface area contributed by atoms with E-state index >= 15 is 0 Å². The average Bonchev–Trinajstić information content (AvgIpc) is 2.39. The van der Waals surface area contributed by atoms with Crippen molar-refractivity contribution >= 4 is 15.8 Å². The van der Waals surface area contributed by atoms with Gasteiger partial charge in [0.15, 0.2) is 0 Å². The van der Waals surface area contributed by atoms with E-state index in [4.69, 9.17) is 4.74 Å². The molecule has 1 aromatic rings. The Labute approximate surface area is 121 Å². The van der Waals surface area contributed by atoms with Crippen molar-refractivity contribution in [1.82, 2.24) is 9.29 Å². The predicted octanol–water partition coefficient (Wildman–Crippen LogP) is 1.56. The second kappa shape index (κ2) is 7.56. The molecule has 1 rings (SSSR count). The summed E-state index contributed by atoms with van der Waals surface area (Å²) in [5.74, 6) is 0.666. The normalized spacial score (nSPS) is 12.1. The summed E-state index contributed by atoms with van der Waals surface area (Å²) >= 11 is 0. The fraction of sp³-hybridized carbons (Fsp3) is 0.615. The van der Waals surface area contributed by atoms with E-state index in [1.54, 1.807) is 19.2 Å². The molecule has 1 aromatic heterocycles. The standard InChI is InChI=1S/C13H23N3O3S/c1-5-14-13-7-6-12(10-15-13)20(17,18)16(11(2)3)8-9-19-4/h6-7,10-11H,5,8-9H2,1-4H3,(H,14,15). The first-order chi connectivity index (χ1) is 9.43. The molecule has 0 bridgehead atoms. The quantitative estimate of drug-likeness (QED) is 0.789. The number of nitrogens with one attached hydrogen (secondary N) is 1. The van der Waals surface area contributed by atoms with Crippen LogP contribution >= 0.6 is 0 Å². The van der Waals surface area contributed by atoms with Crippen LogP contribution in [0, 0.1) is 0 Å². The van der Waals surface area contributed by atoms with Crippen LogP contribution in [0.15, 0.2) is 23.2 Å². The number of rotatable bonds is 8. The van der Waals surface area contributed by atoms with Crippen molar-refractivity contribution in [2.75, 3.05) is 32.1 Å². The van der Waals surface area contributed by atoms with Crippen molar-refractivity contribution in [2.24, 2.45) is 0 Å². The fourth-order valence-electron chi connectivity index (χ4n) is 1.79. The summed E-state index contributed by atoms with van der Waals surface area (Å²) in [6.45, 7) is 7.07. The maximum absolute atomic E-state index is 12.6. The van der Waals surface area contributed by atoms with Crippen molar-refractivity contribution in [3.8, 4) is 0 Å². The largest absolute Gasteiger partial charge is 0.383 e. The molecule has 0 fully saturated rings. The molecule has 0 aliphatic rings. The SMILES string of the molecule is CCNc1ccc(S(=O)(=O)N(CCOC)C(C)C)cn1. The number of ether oxygens (including phenoxy) is 1. The van der Waals surface area contributed by atoms with Gasteiger partial charge in [0, 0.05) is 32.4 Å². The minimum absolute atomic E-state index is 0.136. The summed E-state index contributed by atoms with van der Waals surface area (Å²) in [6.07, 6.45) is 1.38. The Bertz CT molecular complexity index is 500. The third-order valence-electron chi connectivity index (χ3n) is 2.79. The Balaban J connectivity index is 3.00. The van der Waals surface area contributed by atoms with Crippen molar-refractivity contribution in [2.45, 2.75) is 31.7 Å². The van der Waals surface area contributed by atoms with Gasteiger partial charge in [0.2, 0.25) is 10.0 Å². The molecule has 0 aliphatic carbocycles. The van der Waals surface area contributed by atoms with Crippen LogP contribution in [0.4, 0.5) is 5.82 Å². The van der Waals surface area contributed by atoms with Crippen LogP contribution in [0.3, 0.4) is 0 Å². The third kappa shape index (κ3) is 4.16. The van der Waals surface area contributed by atoms with Crippen LogP contribution in [0.25, 0.3) is 0 Å². The van der Waals surface area contributed by atoms with E-state index in [0.29, 0.717) is 19.0 Å². The molecule has 0 radical (unpaired) electrons. The molecule has 0 atom stereocenters. The molecule has 0 amide bonds. The first-order valence-electron chi connectivity index (χ1n) is 6.64. The number of nitrogens with zero attached hydrogens (tertiary/aromatic N) is 2. The number of sulfonamides is 1. The van der Waals surface area contributed by atoms with E-state index in [1.165, 1.54) is 10.5 Å². The lowest BCUT2D eigenvalue weighted by Crippen LogP contribution is -2.39. The van der Waals surface area contributed by atoms with Crippen LogP contribution < -0.4 is 5.32 Å². The van der Waals surface area contributed by atoms with Gasteiger partial charge in [0.25, 0.3) is 0 Å². The molecular formula is C13H23N3O3S. The smallest absolute Gasteiger partial charge is 0.244 e. The average molecular weight is 301 g/mol. The van der Waals surface area contributed by atoms with E-state index < -0.39 is 10.0 Å². The Morgan fingerprint density at radius 3 is 2.55 bits per heavy atom. The van der Waals surface area contributed by atoms with Gasteiger partial charge in [-0.1, -0.05) is 0 Å². The number of hydrogen-bond acceptors (Lipinski definition) is 5. The molecule has 0 aromatic carbocycles. The fourth-order valence-corrected chi connectivity index (χ4v) is 3.36. The summed E-state index contributed by atoms with van der Waals surface area (Å²) in [7, 11) is -1.99. The van der Waals surface area contributed by atoms with E-state index in [0.717, 1.165) is 6.54 Å².